The molecule has 1 aromatic heterocycles. The summed E-state index contributed by atoms with van der Waals surface area (Å²) in [6.07, 6.45) is 0.993. The van der Waals surface area contributed by atoms with Crippen molar-refractivity contribution < 1.29 is 5.11 Å². The fraction of sp³-hybridized carbons (Fsp3) is 0.769. The number of nitrogens with one attached hydrogen (secondary N) is 1. The van der Waals surface area contributed by atoms with Gasteiger partial charge in [0.15, 0.2) is 0 Å². The highest BCUT2D eigenvalue weighted by Crippen LogP contribution is 2.20. The molecule has 0 amide bonds. The number of aliphatic hydroxyl groups is 1. The van der Waals surface area contributed by atoms with Crippen molar-refractivity contribution in [1.29, 1.82) is 0 Å². The second-order valence-corrected chi connectivity index (χ2v) is 6.30. The summed E-state index contributed by atoms with van der Waals surface area (Å²) in [6, 6.07) is 0. The third-order valence-corrected chi connectivity index (χ3v) is 4.51. The SMILES string of the molecule is CCC(C)C(C)(O)CNCc1sc(C)nc1C. The molecule has 0 radical (unpaired) electrons. The van der Waals surface area contributed by atoms with E-state index in [0.717, 1.165) is 23.7 Å². The molecule has 17 heavy (non-hydrogen) atoms. The van der Waals surface area contributed by atoms with E-state index < -0.39 is 5.60 Å². The van der Waals surface area contributed by atoms with Crippen molar-refractivity contribution in [2.45, 2.75) is 53.2 Å². The van der Waals surface area contributed by atoms with Gasteiger partial charge < -0.3 is 10.4 Å². The van der Waals surface area contributed by atoms with Gasteiger partial charge in [0.05, 0.1) is 16.3 Å². The number of hydrogen-bond acceptors (Lipinski definition) is 4. The van der Waals surface area contributed by atoms with Crippen LogP contribution >= 0.6 is 11.3 Å². The van der Waals surface area contributed by atoms with Crippen molar-refractivity contribution in [3.8, 4) is 0 Å². The summed E-state index contributed by atoms with van der Waals surface area (Å²) in [6.45, 7) is 11.6. The van der Waals surface area contributed by atoms with E-state index in [9.17, 15) is 5.11 Å². The molecule has 4 heteroatoms. The summed E-state index contributed by atoms with van der Waals surface area (Å²) in [5.41, 5.74) is 0.464. The van der Waals surface area contributed by atoms with Gasteiger partial charge in [0.25, 0.3) is 0 Å². The molecule has 3 nitrogen and oxygen atoms in total. The third kappa shape index (κ3) is 4.05. The minimum absolute atomic E-state index is 0.305. The smallest absolute Gasteiger partial charge is 0.0900 e. The van der Waals surface area contributed by atoms with E-state index in [1.807, 2.05) is 20.8 Å². The average Bonchev–Trinajstić information content (AvgIpc) is 2.56. The van der Waals surface area contributed by atoms with Crippen LogP contribution in [-0.2, 0) is 6.54 Å². The number of hydrogen-bond donors (Lipinski definition) is 2. The summed E-state index contributed by atoms with van der Waals surface area (Å²) < 4.78 is 0. The van der Waals surface area contributed by atoms with Gasteiger partial charge >= 0.3 is 0 Å². The summed E-state index contributed by atoms with van der Waals surface area (Å²) in [7, 11) is 0. The molecule has 1 heterocycles. The molecule has 0 fully saturated rings. The molecule has 98 valence electrons. The van der Waals surface area contributed by atoms with E-state index >= 15 is 0 Å². The van der Waals surface area contributed by atoms with E-state index in [0.29, 0.717) is 12.5 Å². The average molecular weight is 256 g/mol. The zero-order chi connectivity index (χ0) is 13.1. The largest absolute Gasteiger partial charge is 0.389 e. The zero-order valence-electron chi connectivity index (χ0n) is 11.5. The van der Waals surface area contributed by atoms with Crippen LogP contribution in [-0.4, -0.2) is 22.2 Å². The Kier molecular flexibility index (Phi) is 5.10. The highest BCUT2D eigenvalue weighted by molar-refractivity contribution is 7.11. The van der Waals surface area contributed by atoms with E-state index in [2.05, 4.69) is 24.1 Å². The monoisotopic (exact) mass is 256 g/mol. The molecule has 1 aromatic rings. The fourth-order valence-electron chi connectivity index (χ4n) is 1.78. The molecular weight excluding hydrogens is 232 g/mol. The predicted molar refractivity (Wildman–Crippen MR) is 73.4 cm³/mol. The van der Waals surface area contributed by atoms with E-state index in [1.54, 1.807) is 11.3 Å². The van der Waals surface area contributed by atoms with Gasteiger partial charge in [0.1, 0.15) is 0 Å². The quantitative estimate of drug-likeness (QED) is 0.822. The normalized spacial score (nSPS) is 16.8. The summed E-state index contributed by atoms with van der Waals surface area (Å²) >= 11 is 1.72. The van der Waals surface area contributed by atoms with Crippen molar-refractivity contribution in [2.75, 3.05) is 6.54 Å². The molecule has 2 N–H and O–H groups in total. The van der Waals surface area contributed by atoms with Crippen LogP contribution in [0.2, 0.25) is 0 Å². The number of nitrogens with zero attached hydrogens (tertiary/aromatic N) is 1. The van der Waals surface area contributed by atoms with Gasteiger partial charge in [-0.15, -0.1) is 11.3 Å². The lowest BCUT2D eigenvalue weighted by Crippen LogP contribution is -2.42. The molecule has 2 unspecified atom stereocenters. The maximum atomic E-state index is 10.3. The van der Waals surface area contributed by atoms with Crippen molar-refractivity contribution in [1.82, 2.24) is 10.3 Å². The van der Waals surface area contributed by atoms with Gasteiger partial charge in [-0.2, -0.15) is 0 Å². The Hall–Kier alpha value is -0.450. The van der Waals surface area contributed by atoms with Gasteiger partial charge in [-0.25, -0.2) is 4.98 Å². The van der Waals surface area contributed by atoms with Crippen molar-refractivity contribution in [3.05, 3.63) is 15.6 Å². The Bertz CT molecular complexity index is 360. The Morgan fingerprint density at radius 3 is 2.59 bits per heavy atom. The number of thiazole rings is 1. The maximum Gasteiger partial charge on any atom is 0.0900 e. The molecule has 0 aliphatic carbocycles. The minimum Gasteiger partial charge on any atom is -0.389 e. The molecule has 0 bridgehead atoms. The van der Waals surface area contributed by atoms with Crippen LogP contribution in [0.15, 0.2) is 0 Å². The molecular formula is C13H24N2OS. The van der Waals surface area contributed by atoms with Crippen LogP contribution in [0, 0.1) is 19.8 Å². The lowest BCUT2D eigenvalue weighted by atomic mass is 9.89. The Morgan fingerprint density at radius 1 is 1.47 bits per heavy atom. The van der Waals surface area contributed by atoms with Crippen LogP contribution in [0.25, 0.3) is 0 Å². The predicted octanol–water partition coefficient (Wildman–Crippen LogP) is 2.65. The molecule has 2 atom stereocenters. The summed E-state index contributed by atoms with van der Waals surface area (Å²) in [5, 5.41) is 14.7. The third-order valence-electron chi connectivity index (χ3n) is 3.44. The molecule has 0 aliphatic heterocycles. The molecule has 1 rings (SSSR count). The Labute approximate surface area is 108 Å². The van der Waals surface area contributed by atoms with E-state index in [4.69, 9.17) is 0 Å². The van der Waals surface area contributed by atoms with Crippen LogP contribution in [0.3, 0.4) is 0 Å². The first-order valence-electron chi connectivity index (χ1n) is 6.22. The van der Waals surface area contributed by atoms with Gasteiger partial charge in [-0.05, 0) is 26.7 Å². The maximum absolute atomic E-state index is 10.3. The van der Waals surface area contributed by atoms with Crippen LogP contribution in [0.4, 0.5) is 0 Å². The second-order valence-electron chi connectivity index (χ2n) is 5.01. The molecule has 0 aliphatic rings. The van der Waals surface area contributed by atoms with Crippen molar-refractivity contribution in [3.63, 3.8) is 0 Å². The molecule has 0 saturated carbocycles. The lowest BCUT2D eigenvalue weighted by molar-refractivity contribution is 0.00538. The molecule has 0 saturated heterocycles. The van der Waals surface area contributed by atoms with Gasteiger partial charge in [0.2, 0.25) is 0 Å². The van der Waals surface area contributed by atoms with Gasteiger partial charge in [0, 0.05) is 18.0 Å². The summed E-state index contributed by atoms with van der Waals surface area (Å²) in [4.78, 5) is 5.66. The number of aromatic nitrogens is 1. The van der Waals surface area contributed by atoms with Crippen LogP contribution in [0.5, 0.6) is 0 Å². The number of rotatable bonds is 6. The van der Waals surface area contributed by atoms with Crippen molar-refractivity contribution in [2.24, 2.45) is 5.92 Å². The van der Waals surface area contributed by atoms with E-state index in [1.165, 1.54) is 4.88 Å². The summed E-state index contributed by atoms with van der Waals surface area (Å²) in [5.74, 6) is 0.305. The Balaban J connectivity index is 2.45. The first-order chi connectivity index (χ1) is 7.86. The molecule has 0 spiro atoms. The first kappa shape index (κ1) is 14.6. The zero-order valence-corrected chi connectivity index (χ0v) is 12.3. The Morgan fingerprint density at radius 2 is 2.12 bits per heavy atom. The standard InChI is InChI=1S/C13H24N2OS/c1-6-9(2)13(5,16)8-14-7-12-10(3)15-11(4)17-12/h9,14,16H,6-8H2,1-5H3. The highest BCUT2D eigenvalue weighted by atomic mass is 32.1. The fourth-order valence-corrected chi connectivity index (χ4v) is 2.69. The minimum atomic E-state index is -0.637. The molecule has 0 aromatic carbocycles. The topological polar surface area (TPSA) is 45.1 Å². The van der Waals surface area contributed by atoms with Gasteiger partial charge in [-0.1, -0.05) is 20.3 Å². The van der Waals surface area contributed by atoms with Crippen molar-refractivity contribution >= 4 is 11.3 Å². The highest BCUT2D eigenvalue weighted by Gasteiger charge is 2.26. The number of aryl methyl sites for hydroxylation is 2. The van der Waals surface area contributed by atoms with Crippen LogP contribution < -0.4 is 5.32 Å². The first-order valence-corrected chi connectivity index (χ1v) is 7.04. The van der Waals surface area contributed by atoms with Crippen LogP contribution in [0.1, 0.15) is 42.8 Å². The van der Waals surface area contributed by atoms with Gasteiger partial charge in [-0.3, -0.25) is 0 Å². The second kappa shape index (κ2) is 5.94. The van der Waals surface area contributed by atoms with E-state index in [-0.39, 0.29) is 0 Å². The lowest BCUT2D eigenvalue weighted by Gasteiger charge is -2.29.